The highest BCUT2D eigenvalue weighted by atomic mass is 16.6. The Morgan fingerprint density at radius 1 is 0.875 bits per heavy atom. The van der Waals surface area contributed by atoms with Gasteiger partial charge in [0.15, 0.2) is 0 Å². The maximum atomic E-state index is 11.6. The van der Waals surface area contributed by atoms with E-state index in [0.717, 1.165) is 19.3 Å². The highest BCUT2D eigenvalue weighted by Crippen LogP contribution is 2.10. The van der Waals surface area contributed by atoms with E-state index in [1.807, 2.05) is 0 Å². The van der Waals surface area contributed by atoms with Gasteiger partial charge in [-0.2, -0.15) is 0 Å². The van der Waals surface area contributed by atoms with Crippen molar-refractivity contribution in [1.29, 1.82) is 0 Å². The lowest BCUT2D eigenvalue weighted by atomic mass is 10.1. The highest BCUT2D eigenvalue weighted by molar-refractivity contribution is 5.69. The highest BCUT2D eigenvalue weighted by Gasteiger charge is 2.12. The predicted octanol–water partition coefficient (Wildman–Crippen LogP) is 2.18. The van der Waals surface area contributed by atoms with Crippen LogP contribution >= 0.6 is 0 Å². The Balaban J connectivity index is 3.43. The average molecular weight is 348 g/mol. The van der Waals surface area contributed by atoms with Gasteiger partial charge in [-0.3, -0.25) is 4.79 Å². The van der Waals surface area contributed by atoms with Crippen LogP contribution in [0.2, 0.25) is 0 Å². The van der Waals surface area contributed by atoms with Crippen LogP contribution in [-0.2, 0) is 14.3 Å². The molecule has 0 aromatic carbocycles. The Bertz CT molecular complexity index is 281. The molecule has 0 fully saturated rings. The Morgan fingerprint density at radius 3 is 1.96 bits per heavy atom. The van der Waals surface area contributed by atoms with Crippen molar-refractivity contribution >= 4 is 5.97 Å². The minimum Gasteiger partial charge on any atom is -0.463 e. The molecule has 1 unspecified atom stereocenters. The SMILES string of the molecule is CCCCCCCCCCCC(=O)OCC(O)COC(CO)CO. The number of aliphatic hydroxyl groups is 3. The summed E-state index contributed by atoms with van der Waals surface area (Å²) >= 11 is 0. The molecule has 0 aromatic rings. The molecule has 0 aliphatic heterocycles. The summed E-state index contributed by atoms with van der Waals surface area (Å²) in [5, 5.41) is 27.2. The second kappa shape index (κ2) is 17.1. The van der Waals surface area contributed by atoms with Gasteiger partial charge in [0.2, 0.25) is 0 Å². The number of hydrogen-bond donors (Lipinski definition) is 3. The van der Waals surface area contributed by atoms with E-state index in [2.05, 4.69) is 6.92 Å². The lowest BCUT2D eigenvalue weighted by Crippen LogP contribution is -2.30. The molecular formula is C18H36O6. The molecule has 0 heterocycles. The molecule has 6 heteroatoms. The molecule has 0 aromatic heterocycles. The molecule has 0 saturated carbocycles. The van der Waals surface area contributed by atoms with E-state index in [4.69, 9.17) is 19.7 Å². The molecule has 24 heavy (non-hydrogen) atoms. The zero-order valence-electron chi connectivity index (χ0n) is 15.1. The first-order valence-electron chi connectivity index (χ1n) is 9.31. The van der Waals surface area contributed by atoms with Gasteiger partial charge in [0.05, 0.1) is 19.8 Å². The first-order chi connectivity index (χ1) is 11.6. The summed E-state index contributed by atoms with van der Waals surface area (Å²) in [4.78, 5) is 11.6. The second-order valence-corrected chi connectivity index (χ2v) is 6.24. The molecule has 0 spiro atoms. The standard InChI is InChI=1S/C18H36O6/c1-2-3-4-5-6-7-8-9-10-11-18(22)24-15-16(21)14-23-17(12-19)13-20/h16-17,19-21H,2-15H2,1H3. The average Bonchev–Trinajstić information content (AvgIpc) is 2.59. The summed E-state index contributed by atoms with van der Waals surface area (Å²) in [7, 11) is 0. The Labute approximate surface area is 146 Å². The van der Waals surface area contributed by atoms with Crippen LogP contribution in [0.15, 0.2) is 0 Å². The summed E-state index contributed by atoms with van der Waals surface area (Å²) in [6.07, 6.45) is 9.45. The number of hydrogen-bond acceptors (Lipinski definition) is 6. The third-order valence-electron chi connectivity index (χ3n) is 3.85. The molecule has 0 saturated heterocycles. The van der Waals surface area contributed by atoms with Gasteiger partial charge in [0, 0.05) is 6.42 Å². The van der Waals surface area contributed by atoms with Crippen LogP contribution in [0.4, 0.5) is 0 Å². The Kier molecular flexibility index (Phi) is 16.7. The summed E-state index contributed by atoms with van der Waals surface area (Å²) < 4.78 is 10.0. The van der Waals surface area contributed by atoms with Gasteiger partial charge in [-0.05, 0) is 6.42 Å². The van der Waals surface area contributed by atoms with Crippen LogP contribution in [0.3, 0.4) is 0 Å². The topological polar surface area (TPSA) is 96.2 Å². The molecular weight excluding hydrogens is 312 g/mol. The number of rotatable bonds is 17. The lowest BCUT2D eigenvalue weighted by molar-refractivity contribution is -0.149. The van der Waals surface area contributed by atoms with Crippen molar-refractivity contribution in [2.75, 3.05) is 26.4 Å². The van der Waals surface area contributed by atoms with E-state index >= 15 is 0 Å². The van der Waals surface area contributed by atoms with E-state index in [1.165, 1.54) is 38.5 Å². The summed E-state index contributed by atoms with van der Waals surface area (Å²) in [6.45, 7) is 1.37. The number of carbonyl (C=O) groups excluding carboxylic acids is 1. The zero-order chi connectivity index (χ0) is 18.0. The van der Waals surface area contributed by atoms with Crippen molar-refractivity contribution in [2.45, 2.75) is 83.3 Å². The molecule has 0 aliphatic rings. The summed E-state index contributed by atoms with van der Waals surface area (Å²) in [5.74, 6) is -0.308. The second-order valence-electron chi connectivity index (χ2n) is 6.24. The lowest BCUT2D eigenvalue weighted by Gasteiger charge is -2.16. The first kappa shape index (κ1) is 23.3. The number of unbranched alkanes of at least 4 members (excludes halogenated alkanes) is 8. The minimum atomic E-state index is -0.947. The van der Waals surface area contributed by atoms with Gasteiger partial charge in [-0.1, -0.05) is 58.3 Å². The van der Waals surface area contributed by atoms with E-state index in [9.17, 15) is 9.90 Å². The smallest absolute Gasteiger partial charge is 0.305 e. The number of esters is 1. The van der Waals surface area contributed by atoms with Crippen LogP contribution in [0.1, 0.15) is 71.1 Å². The van der Waals surface area contributed by atoms with Crippen molar-refractivity contribution in [1.82, 2.24) is 0 Å². The minimum absolute atomic E-state index is 0.0862. The van der Waals surface area contributed by atoms with Crippen LogP contribution in [0, 0.1) is 0 Å². The third-order valence-corrected chi connectivity index (χ3v) is 3.85. The van der Waals surface area contributed by atoms with Crippen LogP contribution < -0.4 is 0 Å². The van der Waals surface area contributed by atoms with Gasteiger partial charge >= 0.3 is 5.97 Å². The molecule has 3 N–H and O–H groups in total. The maximum absolute atomic E-state index is 11.6. The fourth-order valence-corrected chi connectivity index (χ4v) is 2.30. The zero-order valence-corrected chi connectivity index (χ0v) is 15.1. The van der Waals surface area contributed by atoms with Crippen LogP contribution in [-0.4, -0.2) is 59.9 Å². The monoisotopic (exact) mass is 348 g/mol. The number of ether oxygens (including phenoxy) is 2. The molecule has 1 atom stereocenters. The van der Waals surface area contributed by atoms with E-state index in [1.54, 1.807) is 0 Å². The van der Waals surface area contributed by atoms with Gasteiger partial charge < -0.3 is 24.8 Å². The largest absolute Gasteiger partial charge is 0.463 e. The van der Waals surface area contributed by atoms with Crippen molar-refractivity contribution in [2.24, 2.45) is 0 Å². The van der Waals surface area contributed by atoms with Crippen LogP contribution in [0.25, 0.3) is 0 Å². The van der Waals surface area contributed by atoms with Gasteiger partial charge in [-0.25, -0.2) is 0 Å². The Morgan fingerprint density at radius 2 is 1.42 bits per heavy atom. The van der Waals surface area contributed by atoms with Gasteiger partial charge in [0.1, 0.15) is 18.8 Å². The summed E-state index contributed by atoms with van der Waals surface area (Å²) in [5.41, 5.74) is 0. The predicted molar refractivity (Wildman–Crippen MR) is 92.7 cm³/mol. The molecule has 0 aliphatic carbocycles. The molecule has 0 amide bonds. The van der Waals surface area contributed by atoms with Crippen molar-refractivity contribution in [3.8, 4) is 0 Å². The molecule has 0 radical (unpaired) electrons. The van der Waals surface area contributed by atoms with Gasteiger partial charge in [0.25, 0.3) is 0 Å². The third kappa shape index (κ3) is 14.9. The van der Waals surface area contributed by atoms with Crippen LogP contribution in [0.5, 0.6) is 0 Å². The first-order valence-corrected chi connectivity index (χ1v) is 9.31. The fraction of sp³-hybridized carbons (Fsp3) is 0.944. The van der Waals surface area contributed by atoms with E-state index in [-0.39, 0.29) is 32.4 Å². The van der Waals surface area contributed by atoms with Crippen molar-refractivity contribution < 1.29 is 29.6 Å². The normalized spacial score (nSPS) is 12.5. The fourth-order valence-electron chi connectivity index (χ4n) is 2.30. The molecule has 0 bridgehead atoms. The maximum Gasteiger partial charge on any atom is 0.305 e. The number of aliphatic hydroxyl groups excluding tert-OH is 3. The van der Waals surface area contributed by atoms with E-state index < -0.39 is 12.2 Å². The molecule has 144 valence electrons. The van der Waals surface area contributed by atoms with E-state index in [0.29, 0.717) is 6.42 Å². The quantitative estimate of drug-likeness (QED) is 0.275. The van der Waals surface area contributed by atoms with Crippen molar-refractivity contribution in [3.05, 3.63) is 0 Å². The molecule has 0 rings (SSSR count). The summed E-state index contributed by atoms with van der Waals surface area (Å²) in [6, 6.07) is 0. The van der Waals surface area contributed by atoms with Gasteiger partial charge in [-0.15, -0.1) is 0 Å². The Hall–Kier alpha value is -0.690. The number of carbonyl (C=O) groups is 1. The van der Waals surface area contributed by atoms with Crippen molar-refractivity contribution in [3.63, 3.8) is 0 Å². The molecule has 6 nitrogen and oxygen atoms in total.